The summed E-state index contributed by atoms with van der Waals surface area (Å²) in [6.07, 6.45) is -34.5. The van der Waals surface area contributed by atoms with Gasteiger partial charge in [0.15, 0.2) is 0 Å². The average Bonchev–Trinajstić information content (AvgIpc) is 3.01. The van der Waals surface area contributed by atoms with Gasteiger partial charge in [-0.3, -0.25) is 7.06 Å². The Kier molecular flexibility index (Phi) is 30.7. The van der Waals surface area contributed by atoms with Crippen molar-refractivity contribution in [3.05, 3.63) is 0 Å². The zero-order valence-electron chi connectivity index (χ0n) is 33.5. The second kappa shape index (κ2) is 28.8. The van der Waals surface area contributed by atoms with E-state index in [1.54, 1.807) is 7.06 Å². The van der Waals surface area contributed by atoms with E-state index < -0.39 is 172 Å². The van der Waals surface area contributed by atoms with Crippen LogP contribution in [0.1, 0.15) is 0 Å². The second-order valence-electron chi connectivity index (χ2n) is 16.0. The van der Waals surface area contributed by atoms with Crippen LogP contribution in [0.4, 0.5) is 0 Å². The van der Waals surface area contributed by atoms with E-state index >= 15 is 0 Å². The maximum atomic E-state index is 6.65. The summed E-state index contributed by atoms with van der Waals surface area (Å²) in [4.78, 5) is 0. The summed E-state index contributed by atoms with van der Waals surface area (Å²) in [5.74, 6) is 0. The van der Waals surface area contributed by atoms with E-state index in [0.717, 1.165) is 0 Å². The van der Waals surface area contributed by atoms with Crippen molar-refractivity contribution in [2.24, 2.45) is 0 Å². The third-order valence-corrected chi connectivity index (χ3v) is 11.8. The zero-order valence-corrected chi connectivity index (χ0v) is 33.5. The van der Waals surface area contributed by atoms with Crippen LogP contribution in [0.3, 0.4) is 0 Å². The van der Waals surface area contributed by atoms with Crippen LogP contribution in [0.5, 0.6) is 0 Å². The Morgan fingerprint density at radius 3 is 0.466 bits per heavy atom. The van der Waals surface area contributed by atoms with Gasteiger partial charge >= 0.3 is 0 Å². The summed E-state index contributed by atoms with van der Waals surface area (Å²) >= 11 is 0. The quantitative estimate of drug-likeness (QED) is 0.0758. The minimum absolute atomic E-state index is 1.06. The summed E-state index contributed by atoms with van der Waals surface area (Å²) in [7, 11) is 190. The Bertz CT molecular complexity index is 878. The molecule has 0 saturated heterocycles. The van der Waals surface area contributed by atoms with Crippen LogP contribution in [-0.4, -0.2) is 411 Å². The summed E-state index contributed by atoms with van der Waals surface area (Å²) in [6.45, 7) is 0. The topological polar surface area (TPSA) is 0 Å². The first-order chi connectivity index (χ1) is 26.4. The fourth-order valence-corrected chi connectivity index (χ4v) is 9.49. The van der Waals surface area contributed by atoms with Crippen LogP contribution in [0.25, 0.3) is 0 Å². The molecule has 0 bridgehead atoms. The first-order valence-electron chi connectivity index (χ1n) is 19.0. The molecule has 0 aromatic heterocycles. The van der Waals surface area contributed by atoms with Gasteiger partial charge in [0, 0.05) is 124 Å². The zero-order chi connectivity index (χ0) is 46.0. The molecule has 0 fully saturated rings. The van der Waals surface area contributed by atoms with Crippen LogP contribution in [0.2, 0.25) is 0 Å². The molecule has 0 heterocycles. The minimum atomic E-state index is -1.37. The highest BCUT2D eigenvalue weighted by molar-refractivity contribution is 8.33. The molecule has 58 heavy (non-hydrogen) atoms. The molecule has 0 amide bonds. The normalized spacial score (nSPS) is 9.67. The van der Waals surface area contributed by atoms with E-state index in [-0.39, 0.29) is 0 Å². The van der Waals surface area contributed by atoms with Gasteiger partial charge in [-0.2, -0.15) is 0 Å². The molecule has 0 unspecified atom stereocenters. The molecular formula is B58-. The lowest BCUT2D eigenvalue weighted by Gasteiger charge is -2.54. The van der Waals surface area contributed by atoms with Crippen molar-refractivity contribution in [3.8, 4) is 0 Å². The lowest BCUT2D eigenvalue weighted by atomic mass is 8.28. The molecule has 0 aliphatic heterocycles. The molecule has 175 valence electrons. The number of hydrogen-bond acceptors (Lipinski definition) is 0. The highest BCUT2D eigenvalue weighted by atomic mass is 13.4. The van der Waals surface area contributed by atoms with Gasteiger partial charge in [0.05, 0.1) is 0 Å². The first-order valence-corrected chi connectivity index (χ1v) is 19.0. The molecule has 61 radical (unpaired) electrons. The fraction of sp³-hybridized carbons (Fsp3) is 0. The Hall–Kier alpha value is 3.77. The fourth-order valence-electron chi connectivity index (χ4n) is 9.49. The predicted molar refractivity (Wildman–Crippen MR) is 334 cm³/mol. The van der Waals surface area contributed by atoms with Crippen molar-refractivity contribution in [1.29, 1.82) is 0 Å². The van der Waals surface area contributed by atoms with E-state index in [9.17, 15) is 0 Å². The van der Waals surface area contributed by atoms with E-state index in [0.29, 0.717) is 0 Å². The standard InChI is InChI=1S/B58/c1-30-46(32(2)3)55(45(28)29)47(56(49(33(4)5)34(6)7)50(35(8)9)36(10)11)31-48(57(51(37(12)13)38(14)15)52(39(16)17)40(18)19)58(53(41(20)21)42(22)23)54(43(24)25)44(26)27/q-1. The van der Waals surface area contributed by atoms with E-state index in [1.165, 1.54) is 7.06 Å². The van der Waals surface area contributed by atoms with Crippen LogP contribution in [-0.2, 0) is 0 Å². The highest BCUT2D eigenvalue weighted by Crippen LogP contribution is 2.19. The maximum absolute atomic E-state index is 6.65. The van der Waals surface area contributed by atoms with Crippen molar-refractivity contribution in [2.75, 3.05) is 0 Å². The van der Waals surface area contributed by atoms with Crippen molar-refractivity contribution in [3.63, 3.8) is 0 Å². The monoisotopic (exact) mass is 639 g/mol. The van der Waals surface area contributed by atoms with Crippen molar-refractivity contribution in [2.45, 2.75) is 0 Å². The second-order valence-corrected chi connectivity index (χ2v) is 16.0. The molecule has 0 aromatic carbocycles. The number of rotatable bonds is 28. The summed E-state index contributed by atoms with van der Waals surface area (Å²) in [5, 5.41) is 0. The molecule has 0 aromatic rings. The third kappa shape index (κ3) is 17.1. The van der Waals surface area contributed by atoms with Gasteiger partial charge in [-0.15, -0.1) is 0 Å². The van der Waals surface area contributed by atoms with E-state index in [2.05, 4.69) is 0 Å². The van der Waals surface area contributed by atoms with Crippen molar-refractivity contribution < 1.29 is 0 Å². The minimum Gasteiger partial charge on any atom is -0.690 e. The molecule has 0 saturated carbocycles. The van der Waals surface area contributed by atoms with E-state index in [1.807, 2.05) is 0 Å². The SMILES string of the molecule is [B]B([B])B([B][B-])B(B([B])[B])B([B]B(B(B(B([B])[B])B([B])[B])B(B([B])[B])B([B])[B])B(B(B([B])[B])B([B])[B])B(B([B])[B])B([B])[B])B(B(B([B])[B])B([B])[B])B(B([B])[B])B([B])[B]. The Morgan fingerprint density at radius 1 is 0.190 bits per heavy atom. The van der Waals surface area contributed by atoms with Crippen LogP contribution in [0.15, 0.2) is 0 Å². The highest BCUT2D eigenvalue weighted by Gasteiger charge is 2.57. The van der Waals surface area contributed by atoms with Crippen molar-refractivity contribution in [1.82, 2.24) is 0 Å². The first kappa shape index (κ1) is 61.8. The Labute approximate surface area is 407 Å². The van der Waals surface area contributed by atoms with E-state index in [4.69, 9.17) is 224 Å². The molecule has 0 spiro atoms. The molecule has 58 heteroatoms. The van der Waals surface area contributed by atoms with Gasteiger partial charge in [0.25, 0.3) is 0 Å². The molecular weight excluding hydrogens is 627 g/mol. The molecule has 0 atom stereocenters. The van der Waals surface area contributed by atoms with Gasteiger partial charge in [0.1, 0.15) is 0 Å². The predicted octanol–water partition coefficient (Wildman–Crippen LogP) is -22.1. The Balaban J connectivity index is 9.72. The third-order valence-electron chi connectivity index (χ3n) is 11.8. The van der Waals surface area contributed by atoms with Gasteiger partial charge in [0.2, 0.25) is 0 Å². The largest absolute Gasteiger partial charge is 0.690 e. The van der Waals surface area contributed by atoms with Gasteiger partial charge in [-0.25, -0.2) is 0 Å². The van der Waals surface area contributed by atoms with Crippen LogP contribution in [0, 0.1) is 0 Å². The van der Waals surface area contributed by atoms with Crippen LogP contribution < -0.4 is 0 Å². The van der Waals surface area contributed by atoms with Crippen molar-refractivity contribution >= 4 is 411 Å². The lowest BCUT2D eigenvalue weighted by molar-refractivity contribution is 3.22. The molecule has 0 aliphatic carbocycles. The summed E-state index contributed by atoms with van der Waals surface area (Å²) < 4.78 is 0. The lowest BCUT2D eigenvalue weighted by Crippen LogP contribution is -2.92. The van der Waals surface area contributed by atoms with Gasteiger partial charge in [-0.1, -0.05) is 0 Å². The molecule has 0 N–H and O–H groups in total. The molecule has 0 aliphatic rings. The summed E-state index contributed by atoms with van der Waals surface area (Å²) in [5.41, 5.74) is 0. The maximum Gasteiger partial charge on any atom is 0 e. The van der Waals surface area contributed by atoms with Gasteiger partial charge in [-0.05, 0) is 272 Å². The van der Waals surface area contributed by atoms with Gasteiger partial charge < -0.3 is 7.74 Å². The molecule has 0 nitrogen and oxygen atoms in total. The smallest absolute Gasteiger partial charge is 0 e. The average molecular weight is 627 g/mol. The molecule has 0 rings (SSSR count). The summed E-state index contributed by atoms with van der Waals surface area (Å²) in [6, 6.07) is 0. The number of hydrogen-bond donors (Lipinski definition) is 0. The Morgan fingerprint density at radius 2 is 0.345 bits per heavy atom. The van der Waals surface area contributed by atoms with Crippen LogP contribution >= 0.6 is 0 Å².